The third-order valence-electron chi connectivity index (χ3n) is 6.47. The van der Waals surface area contributed by atoms with Gasteiger partial charge in [-0.2, -0.15) is 0 Å². The fourth-order valence-corrected chi connectivity index (χ4v) is 6.08. The summed E-state index contributed by atoms with van der Waals surface area (Å²) in [4.78, 5) is 12.6. The first-order valence-electron chi connectivity index (χ1n) is 8.46. The zero-order chi connectivity index (χ0) is 15.4. The topological polar surface area (TPSA) is 38.3 Å². The largest absolute Gasteiger partial charge is 0.497 e. The van der Waals surface area contributed by atoms with Gasteiger partial charge in [0.05, 0.1) is 12.5 Å². The van der Waals surface area contributed by atoms with E-state index in [2.05, 4.69) is 29.6 Å². The number of nitrogens with one attached hydrogen (secondary N) is 1. The van der Waals surface area contributed by atoms with Crippen molar-refractivity contribution in [2.75, 3.05) is 14.2 Å². The summed E-state index contributed by atoms with van der Waals surface area (Å²) >= 11 is 0. The molecule has 4 aliphatic carbocycles. The van der Waals surface area contributed by atoms with Gasteiger partial charge in [-0.1, -0.05) is 12.1 Å². The van der Waals surface area contributed by atoms with E-state index in [1.165, 1.54) is 24.8 Å². The molecule has 0 heterocycles. The van der Waals surface area contributed by atoms with Gasteiger partial charge in [0.2, 0.25) is 5.91 Å². The standard InChI is InChI=1S/C19H25NO2/c1-20-17(21)19-10-13-7-14(11-19)9-18(8-13,12-19)15-3-5-16(22-2)6-4-15/h3-6,13-14H,7-12H2,1-2H3,(H,20,21)/t13-,14+,18?,19?. The number of rotatable bonds is 3. The molecular formula is C19H25NO2. The summed E-state index contributed by atoms with van der Waals surface area (Å²) < 4.78 is 5.30. The highest BCUT2D eigenvalue weighted by molar-refractivity contribution is 5.83. The lowest BCUT2D eigenvalue weighted by Crippen LogP contribution is -2.58. The number of carbonyl (C=O) groups is 1. The molecular weight excluding hydrogens is 274 g/mol. The molecule has 1 aromatic rings. The molecule has 0 aromatic heterocycles. The van der Waals surface area contributed by atoms with Crippen LogP contribution in [0.15, 0.2) is 24.3 Å². The molecule has 4 fully saturated rings. The van der Waals surface area contributed by atoms with Gasteiger partial charge in [-0.15, -0.1) is 0 Å². The Labute approximate surface area is 132 Å². The number of ether oxygens (including phenoxy) is 1. The van der Waals surface area contributed by atoms with E-state index in [1.54, 1.807) is 14.2 Å². The van der Waals surface area contributed by atoms with Crippen molar-refractivity contribution in [1.82, 2.24) is 5.32 Å². The van der Waals surface area contributed by atoms with Crippen molar-refractivity contribution >= 4 is 5.91 Å². The first-order chi connectivity index (χ1) is 10.6. The van der Waals surface area contributed by atoms with Crippen LogP contribution in [0.25, 0.3) is 0 Å². The Morgan fingerprint density at radius 1 is 1.14 bits per heavy atom. The van der Waals surface area contributed by atoms with Crippen LogP contribution < -0.4 is 10.1 Å². The molecule has 3 heteroatoms. The van der Waals surface area contributed by atoms with Crippen molar-refractivity contribution in [3.8, 4) is 5.75 Å². The molecule has 22 heavy (non-hydrogen) atoms. The molecule has 0 radical (unpaired) electrons. The SMILES string of the molecule is CNC(=O)C12C[C@H]3C[C@@H](C1)CC(c1ccc(OC)cc1)(C3)C2. The van der Waals surface area contributed by atoms with E-state index >= 15 is 0 Å². The van der Waals surface area contributed by atoms with Crippen molar-refractivity contribution in [3.63, 3.8) is 0 Å². The third-order valence-corrected chi connectivity index (χ3v) is 6.47. The summed E-state index contributed by atoms with van der Waals surface area (Å²) in [6.45, 7) is 0. The second-order valence-electron chi connectivity index (χ2n) is 7.83. The molecule has 1 amide bonds. The number of methoxy groups -OCH3 is 1. The maximum atomic E-state index is 12.6. The van der Waals surface area contributed by atoms with E-state index in [0.29, 0.717) is 0 Å². The third kappa shape index (κ3) is 1.90. The van der Waals surface area contributed by atoms with Crippen LogP contribution in [0, 0.1) is 17.3 Å². The van der Waals surface area contributed by atoms with Gasteiger partial charge in [-0.25, -0.2) is 0 Å². The number of hydrogen-bond donors (Lipinski definition) is 1. The molecule has 2 unspecified atom stereocenters. The zero-order valence-electron chi connectivity index (χ0n) is 13.5. The van der Waals surface area contributed by atoms with Gasteiger partial charge in [0.25, 0.3) is 0 Å². The van der Waals surface area contributed by atoms with Crippen molar-refractivity contribution < 1.29 is 9.53 Å². The van der Waals surface area contributed by atoms with Gasteiger partial charge in [0, 0.05) is 7.05 Å². The smallest absolute Gasteiger partial charge is 0.226 e. The Bertz CT molecular complexity index is 578. The van der Waals surface area contributed by atoms with Crippen molar-refractivity contribution in [2.24, 2.45) is 17.3 Å². The summed E-state index contributed by atoms with van der Waals surface area (Å²) in [5.41, 5.74) is 1.51. The fraction of sp³-hybridized carbons (Fsp3) is 0.632. The maximum absolute atomic E-state index is 12.6. The summed E-state index contributed by atoms with van der Waals surface area (Å²) in [6, 6.07) is 8.59. The number of amides is 1. The first kappa shape index (κ1) is 14.1. The summed E-state index contributed by atoms with van der Waals surface area (Å²) in [5.74, 6) is 2.63. The van der Waals surface area contributed by atoms with Crippen molar-refractivity contribution in [1.29, 1.82) is 0 Å². The molecule has 3 nitrogen and oxygen atoms in total. The van der Waals surface area contributed by atoms with Crippen LogP contribution in [0.2, 0.25) is 0 Å². The molecule has 5 rings (SSSR count). The van der Waals surface area contributed by atoms with Gasteiger partial charge < -0.3 is 10.1 Å². The predicted octanol–water partition coefficient (Wildman–Crippen LogP) is 3.28. The normalized spacial score (nSPS) is 38.8. The average molecular weight is 299 g/mol. The summed E-state index contributed by atoms with van der Waals surface area (Å²) in [7, 11) is 3.50. The number of benzene rings is 1. The van der Waals surface area contributed by atoms with E-state index < -0.39 is 0 Å². The fourth-order valence-electron chi connectivity index (χ4n) is 6.08. The van der Waals surface area contributed by atoms with Crippen LogP contribution in [0.5, 0.6) is 5.75 Å². The van der Waals surface area contributed by atoms with E-state index in [9.17, 15) is 4.79 Å². The zero-order valence-corrected chi connectivity index (χ0v) is 13.5. The molecule has 1 N–H and O–H groups in total. The second kappa shape index (κ2) is 4.74. The van der Waals surface area contributed by atoms with Crippen molar-refractivity contribution in [3.05, 3.63) is 29.8 Å². The molecule has 0 aliphatic heterocycles. The van der Waals surface area contributed by atoms with Gasteiger partial charge in [-0.3, -0.25) is 4.79 Å². The Kier molecular flexibility index (Phi) is 3.04. The lowest BCUT2D eigenvalue weighted by Gasteiger charge is -2.61. The van der Waals surface area contributed by atoms with E-state index in [-0.39, 0.29) is 16.7 Å². The Morgan fingerprint density at radius 2 is 1.77 bits per heavy atom. The minimum Gasteiger partial charge on any atom is -0.497 e. The molecule has 118 valence electrons. The number of carbonyl (C=O) groups excluding carboxylic acids is 1. The lowest BCUT2D eigenvalue weighted by atomic mass is 9.42. The average Bonchev–Trinajstić information content (AvgIpc) is 2.53. The van der Waals surface area contributed by atoms with E-state index in [4.69, 9.17) is 4.74 Å². The molecule has 4 bridgehead atoms. The van der Waals surface area contributed by atoms with Crippen LogP contribution in [-0.4, -0.2) is 20.1 Å². The first-order valence-corrected chi connectivity index (χ1v) is 8.46. The summed E-state index contributed by atoms with van der Waals surface area (Å²) in [6.07, 6.45) is 7.07. The van der Waals surface area contributed by atoms with Crippen LogP contribution in [0.3, 0.4) is 0 Å². The van der Waals surface area contributed by atoms with Crippen LogP contribution in [0.4, 0.5) is 0 Å². The molecule has 1 aromatic carbocycles. The second-order valence-corrected chi connectivity index (χ2v) is 7.83. The molecule has 0 saturated heterocycles. The van der Waals surface area contributed by atoms with Gasteiger partial charge in [0.15, 0.2) is 0 Å². The quantitative estimate of drug-likeness (QED) is 0.930. The van der Waals surface area contributed by atoms with Gasteiger partial charge >= 0.3 is 0 Å². The monoisotopic (exact) mass is 299 g/mol. The van der Waals surface area contributed by atoms with Crippen LogP contribution in [-0.2, 0) is 10.2 Å². The van der Waals surface area contributed by atoms with E-state index in [1.807, 2.05) is 0 Å². The molecule has 0 spiro atoms. The van der Waals surface area contributed by atoms with Crippen LogP contribution in [0.1, 0.15) is 44.1 Å². The lowest BCUT2D eigenvalue weighted by molar-refractivity contribution is -0.148. The van der Waals surface area contributed by atoms with Gasteiger partial charge in [-0.05, 0) is 73.5 Å². The van der Waals surface area contributed by atoms with E-state index in [0.717, 1.165) is 36.8 Å². The van der Waals surface area contributed by atoms with Crippen LogP contribution >= 0.6 is 0 Å². The Morgan fingerprint density at radius 3 is 2.32 bits per heavy atom. The highest BCUT2D eigenvalue weighted by atomic mass is 16.5. The Hall–Kier alpha value is -1.51. The molecule has 4 saturated carbocycles. The number of hydrogen-bond acceptors (Lipinski definition) is 2. The molecule has 4 atom stereocenters. The highest BCUT2D eigenvalue weighted by Crippen LogP contribution is 2.65. The Balaban J connectivity index is 1.73. The predicted molar refractivity (Wildman–Crippen MR) is 85.9 cm³/mol. The minimum absolute atomic E-state index is 0.112. The minimum atomic E-state index is -0.112. The summed E-state index contributed by atoms with van der Waals surface area (Å²) in [5, 5.41) is 2.95. The van der Waals surface area contributed by atoms with Gasteiger partial charge in [0.1, 0.15) is 5.75 Å². The maximum Gasteiger partial charge on any atom is 0.226 e. The highest BCUT2D eigenvalue weighted by Gasteiger charge is 2.60. The molecule has 4 aliphatic rings. The van der Waals surface area contributed by atoms with Crippen molar-refractivity contribution in [2.45, 2.75) is 43.9 Å².